The molecule has 1 heterocycles. The summed E-state index contributed by atoms with van der Waals surface area (Å²) in [5, 5.41) is 6.31. The first kappa shape index (κ1) is 25.3. The molecule has 36 heavy (non-hydrogen) atoms. The molecule has 10 heteroatoms. The van der Waals surface area contributed by atoms with Crippen LogP contribution < -0.4 is 35.3 Å². The Bertz CT molecular complexity index is 1140. The number of carbonyl (C=O) groups is 1. The van der Waals surface area contributed by atoms with Crippen molar-refractivity contribution in [1.82, 2.24) is 5.32 Å². The molecule has 0 radical (unpaired) electrons. The maximum Gasteiger partial charge on any atom is 0.268 e. The molecule has 3 aromatic carbocycles. The lowest BCUT2D eigenvalue weighted by Crippen LogP contribution is -2.40. The monoisotopic (exact) mass is 511 g/mol. The molecule has 4 N–H and O–H groups in total. The number of methoxy groups -OCH3 is 3. The zero-order valence-electron chi connectivity index (χ0n) is 20.3. The van der Waals surface area contributed by atoms with Crippen LogP contribution in [0.2, 0.25) is 0 Å². The minimum atomic E-state index is -0.902. The molecule has 190 valence electrons. The molecule has 0 spiro atoms. The number of ether oxygens (including phenoxy) is 5. The molecule has 1 amide bonds. The largest absolute Gasteiger partial charge is 0.493 e. The van der Waals surface area contributed by atoms with Crippen LogP contribution in [-0.4, -0.2) is 45.9 Å². The fourth-order valence-corrected chi connectivity index (χ4v) is 4.61. The third-order valence-electron chi connectivity index (χ3n) is 5.40. The van der Waals surface area contributed by atoms with Gasteiger partial charge in [-0.1, -0.05) is 23.9 Å². The normalized spacial score (nSPS) is 14.8. The Morgan fingerprint density at radius 2 is 1.64 bits per heavy atom. The Balaban J connectivity index is 1.48. The van der Waals surface area contributed by atoms with Gasteiger partial charge in [0.15, 0.2) is 17.0 Å². The Labute approximate surface area is 214 Å². The van der Waals surface area contributed by atoms with Crippen LogP contribution in [0.25, 0.3) is 0 Å². The van der Waals surface area contributed by atoms with Gasteiger partial charge in [-0.05, 0) is 42.5 Å². The van der Waals surface area contributed by atoms with E-state index in [-0.39, 0.29) is 5.91 Å². The predicted molar refractivity (Wildman–Crippen MR) is 139 cm³/mol. The van der Waals surface area contributed by atoms with Gasteiger partial charge in [-0.15, -0.1) is 0 Å². The number of anilines is 2. The molecule has 9 nitrogen and oxygen atoms in total. The molecular formula is C26H29N3O6S. The zero-order valence-corrected chi connectivity index (χ0v) is 21.1. The van der Waals surface area contributed by atoms with Crippen molar-refractivity contribution in [3.8, 4) is 23.0 Å². The molecule has 0 aromatic heterocycles. The van der Waals surface area contributed by atoms with Crippen LogP contribution in [0.1, 0.15) is 11.7 Å². The van der Waals surface area contributed by atoms with Gasteiger partial charge >= 0.3 is 0 Å². The highest BCUT2D eigenvalue weighted by atomic mass is 32.2. The van der Waals surface area contributed by atoms with Crippen molar-refractivity contribution in [1.29, 1.82) is 0 Å². The van der Waals surface area contributed by atoms with Gasteiger partial charge < -0.3 is 40.1 Å². The molecule has 4 rings (SSSR count). The number of fused-ring (bicyclic) bond motifs is 1. The van der Waals surface area contributed by atoms with Crippen molar-refractivity contribution >= 4 is 29.0 Å². The van der Waals surface area contributed by atoms with E-state index in [1.165, 1.54) is 11.8 Å². The Kier molecular flexibility index (Phi) is 8.29. The van der Waals surface area contributed by atoms with Crippen LogP contribution in [-0.2, 0) is 9.53 Å². The highest BCUT2D eigenvalue weighted by Crippen LogP contribution is 2.44. The summed E-state index contributed by atoms with van der Waals surface area (Å²) in [5.74, 6) is 2.13. The topological polar surface area (TPSA) is 113 Å². The van der Waals surface area contributed by atoms with Gasteiger partial charge in [0.05, 0.1) is 26.5 Å². The zero-order chi connectivity index (χ0) is 25.5. The summed E-state index contributed by atoms with van der Waals surface area (Å²) in [6.07, 6.45) is -0.902. The summed E-state index contributed by atoms with van der Waals surface area (Å²) >= 11 is 1.47. The lowest BCUT2D eigenvalue weighted by atomic mass is 10.1. The van der Waals surface area contributed by atoms with Crippen molar-refractivity contribution in [2.75, 3.05) is 45.6 Å². The first-order chi connectivity index (χ1) is 17.5. The molecule has 3 aromatic rings. The Morgan fingerprint density at radius 3 is 2.31 bits per heavy atom. The summed E-state index contributed by atoms with van der Waals surface area (Å²) in [6, 6.07) is 17.9. The molecular weight excluding hydrogens is 482 g/mol. The minimum Gasteiger partial charge on any atom is -0.493 e. The van der Waals surface area contributed by atoms with E-state index < -0.39 is 11.6 Å². The van der Waals surface area contributed by atoms with Gasteiger partial charge in [0, 0.05) is 29.3 Å². The fourth-order valence-electron chi connectivity index (χ4n) is 3.58. The van der Waals surface area contributed by atoms with Gasteiger partial charge in [-0.3, -0.25) is 4.79 Å². The number of nitrogens with two attached hydrogens (primary N) is 1. The van der Waals surface area contributed by atoms with Gasteiger partial charge in [-0.2, -0.15) is 0 Å². The van der Waals surface area contributed by atoms with Crippen LogP contribution in [0.3, 0.4) is 0 Å². The number of nitrogens with one attached hydrogen (secondary N) is 2. The average Bonchev–Trinajstić information content (AvgIpc) is 3.28. The van der Waals surface area contributed by atoms with Gasteiger partial charge in [0.25, 0.3) is 5.91 Å². The van der Waals surface area contributed by atoms with E-state index in [1.807, 2.05) is 12.1 Å². The lowest BCUT2D eigenvalue weighted by molar-refractivity contribution is -0.128. The second-order valence-electron chi connectivity index (χ2n) is 7.83. The van der Waals surface area contributed by atoms with Crippen LogP contribution in [0, 0.1) is 0 Å². The highest BCUT2D eigenvalue weighted by molar-refractivity contribution is 8.00. The number of hydrogen-bond acceptors (Lipinski definition) is 9. The summed E-state index contributed by atoms with van der Waals surface area (Å²) in [6.45, 7) is 0.938. The second-order valence-corrected chi connectivity index (χ2v) is 8.98. The third-order valence-corrected chi connectivity index (χ3v) is 6.46. The number of carbonyl (C=O) groups excluding carboxylic acids is 1. The SMILES string of the molecule is COCCOc1ccc(OC(C(=O)NC2Nc3cc(OC)c(OC)cc3S2)c2ccc(N)cc2)cc1. The van der Waals surface area contributed by atoms with Gasteiger partial charge in [0.1, 0.15) is 18.1 Å². The number of benzene rings is 3. The molecule has 0 saturated carbocycles. The Morgan fingerprint density at radius 1 is 0.972 bits per heavy atom. The van der Waals surface area contributed by atoms with Crippen LogP contribution >= 0.6 is 11.8 Å². The molecule has 1 aliphatic heterocycles. The van der Waals surface area contributed by atoms with E-state index in [9.17, 15) is 4.79 Å². The maximum atomic E-state index is 13.4. The minimum absolute atomic E-state index is 0.308. The molecule has 1 aliphatic rings. The van der Waals surface area contributed by atoms with Crippen molar-refractivity contribution in [3.63, 3.8) is 0 Å². The fraction of sp³-hybridized carbons (Fsp3) is 0.269. The quantitative estimate of drug-likeness (QED) is 0.259. The summed E-state index contributed by atoms with van der Waals surface area (Å²) < 4.78 is 27.5. The number of nitrogen functional groups attached to an aromatic ring is 1. The highest BCUT2D eigenvalue weighted by Gasteiger charge is 2.30. The number of thioether (sulfide) groups is 1. The van der Waals surface area contributed by atoms with E-state index in [2.05, 4.69) is 10.6 Å². The predicted octanol–water partition coefficient (Wildman–Crippen LogP) is 4.05. The summed E-state index contributed by atoms with van der Waals surface area (Å²) in [4.78, 5) is 14.4. The van der Waals surface area contributed by atoms with Crippen LogP contribution in [0.15, 0.2) is 65.6 Å². The first-order valence-electron chi connectivity index (χ1n) is 11.2. The standard InChI is InChI=1S/C26H29N3O6S/c1-31-12-13-34-18-8-10-19(11-9-18)35-24(16-4-6-17(27)7-5-16)25(30)29-26-28-20-14-21(32-2)22(33-3)15-23(20)36-26/h4-11,14-15,24,26,28H,12-13,27H2,1-3H3,(H,29,30). The van der Waals surface area contributed by atoms with Gasteiger partial charge in [0.2, 0.25) is 6.10 Å². The molecule has 0 fully saturated rings. The smallest absolute Gasteiger partial charge is 0.268 e. The van der Waals surface area contributed by atoms with Crippen molar-refractivity contribution in [2.45, 2.75) is 16.5 Å². The van der Waals surface area contributed by atoms with E-state index >= 15 is 0 Å². The summed E-state index contributed by atoms with van der Waals surface area (Å²) in [7, 11) is 4.79. The van der Waals surface area contributed by atoms with Crippen molar-refractivity contribution < 1.29 is 28.5 Å². The molecule has 2 atom stereocenters. The third kappa shape index (κ3) is 6.07. The lowest BCUT2D eigenvalue weighted by Gasteiger charge is -2.22. The number of hydrogen-bond donors (Lipinski definition) is 3. The van der Waals surface area contributed by atoms with E-state index in [4.69, 9.17) is 29.4 Å². The second kappa shape index (κ2) is 11.8. The Hall–Kier alpha value is -3.76. The molecule has 0 saturated heterocycles. The molecule has 0 bridgehead atoms. The number of amides is 1. The molecule has 0 aliphatic carbocycles. The summed E-state index contributed by atoms with van der Waals surface area (Å²) in [5.41, 5.74) is 7.57. The van der Waals surface area contributed by atoms with Crippen molar-refractivity contribution in [2.24, 2.45) is 0 Å². The van der Waals surface area contributed by atoms with Crippen LogP contribution in [0.5, 0.6) is 23.0 Å². The average molecular weight is 512 g/mol. The first-order valence-corrected chi connectivity index (χ1v) is 12.1. The van der Waals surface area contributed by atoms with E-state index in [1.54, 1.807) is 69.9 Å². The van der Waals surface area contributed by atoms with E-state index in [0.717, 1.165) is 10.6 Å². The van der Waals surface area contributed by atoms with Gasteiger partial charge in [-0.25, -0.2) is 0 Å². The number of rotatable bonds is 11. The van der Waals surface area contributed by atoms with E-state index in [0.29, 0.717) is 47.5 Å². The molecule has 2 unspecified atom stereocenters. The van der Waals surface area contributed by atoms with Crippen LogP contribution in [0.4, 0.5) is 11.4 Å². The maximum absolute atomic E-state index is 13.4. The van der Waals surface area contributed by atoms with Crippen molar-refractivity contribution in [3.05, 3.63) is 66.2 Å².